The lowest BCUT2D eigenvalue weighted by molar-refractivity contribution is 0.232. The predicted octanol–water partition coefficient (Wildman–Crippen LogP) is 2.96. The maximum absolute atomic E-state index is 5.42. The molecule has 0 amide bonds. The highest BCUT2D eigenvalue weighted by molar-refractivity contribution is 14.0. The van der Waals surface area contributed by atoms with Crippen molar-refractivity contribution in [2.45, 2.75) is 59.4 Å². The second kappa shape index (κ2) is 12.5. The standard InChI is InChI=1S/C18H33N5O.HI/c1-4-16-15(17(5-2)24-22-16)14-21-18(19-6-3)20-10-13-23-11-8-7-9-12-23;/h4-14H2,1-3H3,(H2,19,20,21);1H. The summed E-state index contributed by atoms with van der Waals surface area (Å²) in [6.07, 6.45) is 5.79. The Hall–Kier alpha value is -0.830. The zero-order chi connectivity index (χ0) is 17.2. The van der Waals surface area contributed by atoms with Crippen LogP contribution in [0.3, 0.4) is 0 Å². The normalized spacial score (nSPS) is 15.7. The van der Waals surface area contributed by atoms with Gasteiger partial charge in [-0.2, -0.15) is 0 Å². The van der Waals surface area contributed by atoms with E-state index in [0.29, 0.717) is 6.54 Å². The van der Waals surface area contributed by atoms with Crippen molar-refractivity contribution in [1.82, 2.24) is 20.7 Å². The number of piperidine rings is 1. The summed E-state index contributed by atoms with van der Waals surface area (Å²) in [7, 11) is 0. The van der Waals surface area contributed by atoms with Crippen molar-refractivity contribution in [1.29, 1.82) is 0 Å². The van der Waals surface area contributed by atoms with Crippen LogP contribution in [0, 0.1) is 0 Å². The molecule has 25 heavy (non-hydrogen) atoms. The third-order valence-corrected chi connectivity index (χ3v) is 4.52. The molecular weight excluding hydrogens is 429 g/mol. The number of hydrogen-bond acceptors (Lipinski definition) is 4. The maximum atomic E-state index is 5.42. The van der Waals surface area contributed by atoms with Gasteiger partial charge in [0.2, 0.25) is 0 Å². The molecule has 1 fully saturated rings. The van der Waals surface area contributed by atoms with Crippen LogP contribution >= 0.6 is 24.0 Å². The number of nitrogens with zero attached hydrogens (tertiary/aromatic N) is 3. The molecule has 1 aliphatic heterocycles. The minimum atomic E-state index is 0. The average Bonchev–Trinajstić information content (AvgIpc) is 3.02. The van der Waals surface area contributed by atoms with E-state index in [1.165, 1.54) is 32.4 Å². The molecule has 0 aromatic carbocycles. The minimum absolute atomic E-state index is 0. The second-order valence-electron chi connectivity index (χ2n) is 6.26. The van der Waals surface area contributed by atoms with Crippen molar-refractivity contribution < 1.29 is 4.52 Å². The van der Waals surface area contributed by atoms with Gasteiger partial charge in [0.1, 0.15) is 5.76 Å². The highest BCUT2D eigenvalue weighted by atomic mass is 127. The van der Waals surface area contributed by atoms with Crippen LogP contribution in [0.2, 0.25) is 0 Å². The third kappa shape index (κ3) is 7.13. The zero-order valence-electron chi connectivity index (χ0n) is 15.9. The molecule has 0 unspecified atom stereocenters. The fourth-order valence-corrected chi connectivity index (χ4v) is 3.13. The van der Waals surface area contributed by atoms with E-state index in [1.807, 2.05) is 0 Å². The van der Waals surface area contributed by atoms with E-state index < -0.39 is 0 Å². The number of rotatable bonds is 8. The Bertz CT molecular complexity index is 490. The van der Waals surface area contributed by atoms with Crippen molar-refractivity contribution in [2.75, 3.05) is 32.7 Å². The fraction of sp³-hybridized carbons (Fsp3) is 0.778. The van der Waals surface area contributed by atoms with Gasteiger partial charge in [-0.05, 0) is 39.3 Å². The van der Waals surface area contributed by atoms with Crippen LogP contribution in [0.5, 0.6) is 0 Å². The SMILES string of the molecule is CCNC(=NCc1c(CC)noc1CC)NCCN1CCCCC1.I. The minimum Gasteiger partial charge on any atom is -0.361 e. The maximum Gasteiger partial charge on any atom is 0.191 e. The number of aromatic nitrogens is 1. The summed E-state index contributed by atoms with van der Waals surface area (Å²) < 4.78 is 5.42. The summed E-state index contributed by atoms with van der Waals surface area (Å²) in [6.45, 7) is 12.2. The van der Waals surface area contributed by atoms with Crippen molar-refractivity contribution in [2.24, 2.45) is 4.99 Å². The van der Waals surface area contributed by atoms with Crippen molar-refractivity contribution in [3.8, 4) is 0 Å². The van der Waals surface area contributed by atoms with Gasteiger partial charge in [0.05, 0.1) is 12.2 Å². The van der Waals surface area contributed by atoms with E-state index >= 15 is 0 Å². The van der Waals surface area contributed by atoms with Crippen LogP contribution in [0.4, 0.5) is 0 Å². The van der Waals surface area contributed by atoms with Crippen molar-refractivity contribution in [3.05, 3.63) is 17.0 Å². The van der Waals surface area contributed by atoms with E-state index in [9.17, 15) is 0 Å². The number of likely N-dealkylation sites (tertiary alicyclic amines) is 1. The smallest absolute Gasteiger partial charge is 0.191 e. The first-order valence-corrected chi connectivity index (χ1v) is 9.49. The lowest BCUT2D eigenvalue weighted by Gasteiger charge is -2.26. The van der Waals surface area contributed by atoms with Gasteiger partial charge in [-0.3, -0.25) is 0 Å². The lowest BCUT2D eigenvalue weighted by Crippen LogP contribution is -2.42. The number of guanidine groups is 1. The summed E-state index contributed by atoms with van der Waals surface area (Å²) in [5, 5.41) is 10.9. The van der Waals surface area contributed by atoms with Gasteiger partial charge in [0, 0.05) is 31.6 Å². The van der Waals surface area contributed by atoms with Gasteiger partial charge in [0.25, 0.3) is 0 Å². The number of halogens is 1. The van der Waals surface area contributed by atoms with Gasteiger partial charge in [-0.25, -0.2) is 4.99 Å². The van der Waals surface area contributed by atoms with E-state index in [2.05, 4.69) is 41.5 Å². The van der Waals surface area contributed by atoms with Crippen LogP contribution in [0.1, 0.15) is 57.1 Å². The van der Waals surface area contributed by atoms with Crippen molar-refractivity contribution >= 4 is 29.9 Å². The summed E-state index contributed by atoms with van der Waals surface area (Å²) in [5.74, 6) is 1.83. The molecule has 7 heteroatoms. The fourth-order valence-electron chi connectivity index (χ4n) is 3.13. The van der Waals surface area contributed by atoms with E-state index in [-0.39, 0.29) is 24.0 Å². The van der Waals surface area contributed by atoms with Gasteiger partial charge in [-0.1, -0.05) is 25.4 Å². The molecular formula is C18H34IN5O. The van der Waals surface area contributed by atoms with Gasteiger partial charge >= 0.3 is 0 Å². The van der Waals surface area contributed by atoms with E-state index in [1.54, 1.807) is 0 Å². The molecule has 2 N–H and O–H groups in total. The summed E-state index contributed by atoms with van der Waals surface area (Å²) in [6, 6.07) is 0. The molecule has 0 radical (unpaired) electrons. The van der Waals surface area contributed by atoms with Gasteiger partial charge < -0.3 is 20.1 Å². The molecule has 2 heterocycles. The Morgan fingerprint density at radius 1 is 1.12 bits per heavy atom. The quantitative estimate of drug-likeness (QED) is 0.353. The Morgan fingerprint density at radius 2 is 1.88 bits per heavy atom. The number of hydrogen-bond donors (Lipinski definition) is 2. The number of aliphatic imine (C=N–C) groups is 1. The first kappa shape index (κ1) is 22.2. The van der Waals surface area contributed by atoms with Gasteiger partial charge in [-0.15, -0.1) is 24.0 Å². The van der Waals surface area contributed by atoms with Crippen LogP contribution in [0.25, 0.3) is 0 Å². The molecule has 1 aromatic rings. The largest absolute Gasteiger partial charge is 0.361 e. The molecule has 0 saturated carbocycles. The van der Waals surface area contributed by atoms with Crippen LogP contribution in [0.15, 0.2) is 9.52 Å². The molecule has 1 aromatic heterocycles. The second-order valence-corrected chi connectivity index (χ2v) is 6.26. The first-order chi connectivity index (χ1) is 11.8. The van der Waals surface area contributed by atoms with Crippen LogP contribution in [-0.2, 0) is 19.4 Å². The molecule has 0 aliphatic carbocycles. The average molecular weight is 463 g/mol. The molecule has 1 saturated heterocycles. The molecule has 0 spiro atoms. The Kier molecular flexibility index (Phi) is 11.1. The monoisotopic (exact) mass is 463 g/mol. The molecule has 1 aliphatic rings. The summed E-state index contributed by atoms with van der Waals surface area (Å²) in [4.78, 5) is 7.26. The molecule has 0 bridgehead atoms. The van der Waals surface area contributed by atoms with E-state index in [4.69, 9.17) is 9.52 Å². The molecule has 6 nitrogen and oxygen atoms in total. The number of nitrogens with one attached hydrogen (secondary N) is 2. The van der Waals surface area contributed by atoms with E-state index in [0.717, 1.165) is 55.5 Å². The predicted molar refractivity (Wildman–Crippen MR) is 114 cm³/mol. The van der Waals surface area contributed by atoms with Gasteiger partial charge in [0.15, 0.2) is 5.96 Å². The third-order valence-electron chi connectivity index (χ3n) is 4.52. The van der Waals surface area contributed by atoms with Crippen LogP contribution < -0.4 is 10.6 Å². The Morgan fingerprint density at radius 3 is 2.52 bits per heavy atom. The first-order valence-electron chi connectivity index (χ1n) is 9.49. The molecule has 144 valence electrons. The molecule has 0 atom stereocenters. The summed E-state index contributed by atoms with van der Waals surface area (Å²) >= 11 is 0. The Labute approximate surface area is 169 Å². The highest BCUT2D eigenvalue weighted by Crippen LogP contribution is 2.16. The Balaban J connectivity index is 0.00000312. The molecule has 2 rings (SSSR count). The van der Waals surface area contributed by atoms with Crippen molar-refractivity contribution in [3.63, 3.8) is 0 Å². The summed E-state index contributed by atoms with van der Waals surface area (Å²) in [5.41, 5.74) is 2.17. The number of aryl methyl sites for hydroxylation is 2. The topological polar surface area (TPSA) is 65.7 Å². The zero-order valence-corrected chi connectivity index (χ0v) is 18.3. The van der Waals surface area contributed by atoms with Crippen LogP contribution in [-0.4, -0.2) is 48.7 Å². The highest BCUT2D eigenvalue weighted by Gasteiger charge is 2.13. The lowest BCUT2D eigenvalue weighted by atomic mass is 10.1.